The molecule has 0 aliphatic carbocycles. The number of nitrogens with one attached hydrogen (secondary N) is 2. The number of rotatable bonds is 5. The molecule has 0 bridgehead atoms. The van der Waals surface area contributed by atoms with E-state index in [9.17, 15) is 4.79 Å². The molecule has 3 aromatic rings. The lowest BCUT2D eigenvalue weighted by Crippen LogP contribution is -2.10. The Morgan fingerprint density at radius 2 is 1.57 bits per heavy atom. The lowest BCUT2D eigenvalue weighted by molar-refractivity contribution is 0.100. The summed E-state index contributed by atoms with van der Waals surface area (Å²) in [5.41, 5.74) is 7.39. The molecule has 4 N–H and O–H groups in total. The summed E-state index contributed by atoms with van der Waals surface area (Å²) in [6.45, 7) is 0. The molecule has 0 atom stereocenters. The Morgan fingerprint density at radius 1 is 0.870 bits per heavy atom. The number of anilines is 4. The van der Waals surface area contributed by atoms with E-state index in [0.29, 0.717) is 17.3 Å². The Labute approximate surface area is 133 Å². The van der Waals surface area contributed by atoms with Gasteiger partial charge in [-0.3, -0.25) is 4.79 Å². The maximum Gasteiger partial charge on any atom is 0.248 e. The molecule has 1 aromatic heterocycles. The van der Waals surface area contributed by atoms with Gasteiger partial charge in [0.15, 0.2) is 0 Å². The van der Waals surface area contributed by atoms with Crippen molar-refractivity contribution in [3.8, 4) is 0 Å². The summed E-state index contributed by atoms with van der Waals surface area (Å²) in [6, 6.07) is 18.3. The molecule has 0 unspecified atom stereocenters. The van der Waals surface area contributed by atoms with Crippen LogP contribution in [0.5, 0.6) is 0 Å². The fourth-order valence-corrected chi connectivity index (χ4v) is 2.00. The van der Waals surface area contributed by atoms with Crippen LogP contribution in [-0.2, 0) is 0 Å². The van der Waals surface area contributed by atoms with Gasteiger partial charge in [0.25, 0.3) is 0 Å². The number of amides is 1. The van der Waals surface area contributed by atoms with Crippen LogP contribution in [0, 0.1) is 0 Å². The van der Waals surface area contributed by atoms with Crippen molar-refractivity contribution in [2.75, 3.05) is 10.6 Å². The normalized spacial score (nSPS) is 10.1. The minimum atomic E-state index is -0.457. The highest BCUT2D eigenvalue weighted by atomic mass is 16.1. The number of hydrogen-bond donors (Lipinski definition) is 3. The minimum absolute atomic E-state index is 0.455. The Morgan fingerprint density at radius 3 is 2.26 bits per heavy atom. The van der Waals surface area contributed by atoms with Gasteiger partial charge in [0.2, 0.25) is 11.9 Å². The van der Waals surface area contributed by atoms with Gasteiger partial charge >= 0.3 is 0 Å². The second kappa shape index (κ2) is 6.57. The Balaban J connectivity index is 1.73. The zero-order chi connectivity index (χ0) is 16.1. The smallest absolute Gasteiger partial charge is 0.248 e. The molecule has 3 rings (SSSR count). The summed E-state index contributed by atoms with van der Waals surface area (Å²) < 4.78 is 0. The number of nitrogens with two attached hydrogens (primary N) is 1. The number of hydrogen-bond acceptors (Lipinski definition) is 5. The van der Waals surface area contributed by atoms with Gasteiger partial charge in [0, 0.05) is 23.1 Å². The summed E-state index contributed by atoms with van der Waals surface area (Å²) in [7, 11) is 0. The SMILES string of the molecule is NC(=O)c1ccc(Nc2nccc(Nc3ccccc3)n2)cc1. The molecule has 0 saturated heterocycles. The van der Waals surface area contributed by atoms with Crippen LogP contribution in [-0.4, -0.2) is 15.9 Å². The van der Waals surface area contributed by atoms with Crippen LogP contribution >= 0.6 is 0 Å². The van der Waals surface area contributed by atoms with Crippen molar-refractivity contribution in [1.82, 2.24) is 9.97 Å². The average Bonchev–Trinajstić information content (AvgIpc) is 2.57. The molecule has 0 aliphatic heterocycles. The Hall–Kier alpha value is -3.41. The first-order valence-electron chi connectivity index (χ1n) is 7.03. The molecule has 0 radical (unpaired) electrons. The highest BCUT2D eigenvalue weighted by Gasteiger charge is 2.03. The molecule has 6 nitrogen and oxygen atoms in total. The van der Waals surface area contributed by atoms with Gasteiger partial charge in [-0.2, -0.15) is 4.98 Å². The molecule has 114 valence electrons. The number of carbonyl (C=O) groups excluding carboxylic acids is 1. The zero-order valence-electron chi connectivity index (χ0n) is 12.2. The van der Waals surface area contributed by atoms with E-state index in [1.165, 1.54) is 0 Å². The highest BCUT2D eigenvalue weighted by molar-refractivity contribution is 5.93. The van der Waals surface area contributed by atoms with Crippen LogP contribution in [0.3, 0.4) is 0 Å². The maximum absolute atomic E-state index is 11.1. The topological polar surface area (TPSA) is 92.9 Å². The predicted octanol–water partition coefficient (Wildman–Crippen LogP) is 3.06. The quantitative estimate of drug-likeness (QED) is 0.673. The summed E-state index contributed by atoms with van der Waals surface area (Å²) in [5.74, 6) is 0.682. The maximum atomic E-state index is 11.1. The third kappa shape index (κ3) is 3.82. The van der Waals surface area contributed by atoms with Crippen LogP contribution in [0.1, 0.15) is 10.4 Å². The molecule has 23 heavy (non-hydrogen) atoms. The van der Waals surface area contributed by atoms with Crippen LogP contribution in [0.4, 0.5) is 23.1 Å². The Kier molecular flexibility index (Phi) is 4.15. The van der Waals surface area contributed by atoms with E-state index in [2.05, 4.69) is 20.6 Å². The molecule has 0 aliphatic rings. The van der Waals surface area contributed by atoms with Crippen LogP contribution in [0.15, 0.2) is 66.9 Å². The lowest BCUT2D eigenvalue weighted by Gasteiger charge is -2.08. The van der Waals surface area contributed by atoms with Gasteiger partial charge in [0.1, 0.15) is 5.82 Å². The lowest BCUT2D eigenvalue weighted by atomic mass is 10.2. The first-order chi connectivity index (χ1) is 11.2. The molecule has 2 aromatic carbocycles. The van der Waals surface area contributed by atoms with Crippen LogP contribution in [0.2, 0.25) is 0 Å². The highest BCUT2D eigenvalue weighted by Crippen LogP contribution is 2.17. The van der Waals surface area contributed by atoms with E-state index in [0.717, 1.165) is 11.4 Å². The van der Waals surface area contributed by atoms with Crippen LogP contribution < -0.4 is 16.4 Å². The van der Waals surface area contributed by atoms with Crippen molar-refractivity contribution in [3.05, 3.63) is 72.4 Å². The average molecular weight is 305 g/mol. The minimum Gasteiger partial charge on any atom is -0.366 e. The molecule has 0 fully saturated rings. The van der Waals surface area contributed by atoms with Crippen molar-refractivity contribution in [2.45, 2.75) is 0 Å². The monoisotopic (exact) mass is 305 g/mol. The van der Waals surface area contributed by atoms with E-state index < -0.39 is 5.91 Å². The van der Waals surface area contributed by atoms with E-state index in [1.54, 1.807) is 36.5 Å². The van der Waals surface area contributed by atoms with Gasteiger partial charge in [-0.25, -0.2) is 4.98 Å². The summed E-state index contributed by atoms with van der Waals surface area (Å²) in [4.78, 5) is 19.6. The second-order valence-corrected chi connectivity index (χ2v) is 4.82. The third-order valence-electron chi connectivity index (χ3n) is 3.13. The fraction of sp³-hybridized carbons (Fsp3) is 0. The molecular formula is C17H15N5O. The van der Waals surface area contributed by atoms with Gasteiger partial charge in [-0.05, 0) is 42.5 Å². The molecule has 1 heterocycles. The van der Waals surface area contributed by atoms with E-state index >= 15 is 0 Å². The van der Waals surface area contributed by atoms with E-state index in [-0.39, 0.29) is 0 Å². The number of primary amides is 1. The van der Waals surface area contributed by atoms with Gasteiger partial charge in [0.05, 0.1) is 0 Å². The van der Waals surface area contributed by atoms with Gasteiger partial charge < -0.3 is 16.4 Å². The molecule has 1 amide bonds. The van der Waals surface area contributed by atoms with Crippen molar-refractivity contribution < 1.29 is 4.79 Å². The first kappa shape index (κ1) is 14.5. The van der Waals surface area contributed by atoms with Crippen molar-refractivity contribution in [2.24, 2.45) is 5.73 Å². The zero-order valence-corrected chi connectivity index (χ0v) is 12.2. The molecule has 0 spiro atoms. The van der Waals surface area contributed by atoms with Gasteiger partial charge in [-0.15, -0.1) is 0 Å². The van der Waals surface area contributed by atoms with E-state index in [1.807, 2.05) is 30.3 Å². The number of para-hydroxylation sites is 1. The number of nitrogens with zero attached hydrogens (tertiary/aromatic N) is 2. The molecular weight excluding hydrogens is 290 g/mol. The van der Waals surface area contributed by atoms with Gasteiger partial charge in [-0.1, -0.05) is 18.2 Å². The molecule has 0 saturated carbocycles. The summed E-state index contributed by atoms with van der Waals surface area (Å²) in [5, 5.41) is 6.28. The largest absolute Gasteiger partial charge is 0.366 e. The summed E-state index contributed by atoms with van der Waals surface area (Å²) >= 11 is 0. The number of benzene rings is 2. The summed E-state index contributed by atoms with van der Waals surface area (Å²) in [6.07, 6.45) is 1.67. The molecule has 6 heteroatoms. The second-order valence-electron chi connectivity index (χ2n) is 4.82. The first-order valence-corrected chi connectivity index (χ1v) is 7.03. The van der Waals surface area contributed by atoms with E-state index in [4.69, 9.17) is 5.73 Å². The number of aromatic nitrogens is 2. The van der Waals surface area contributed by atoms with Crippen molar-refractivity contribution >= 4 is 29.0 Å². The predicted molar refractivity (Wildman–Crippen MR) is 90.0 cm³/mol. The third-order valence-corrected chi connectivity index (χ3v) is 3.13. The fourth-order valence-electron chi connectivity index (χ4n) is 2.00. The standard InChI is InChI=1S/C17H15N5O/c18-16(23)12-6-8-14(9-7-12)21-17-19-11-10-15(22-17)20-13-4-2-1-3-5-13/h1-11H,(H2,18,23)(H2,19,20,21,22). The van der Waals surface area contributed by atoms with Crippen LogP contribution in [0.25, 0.3) is 0 Å². The Bertz CT molecular complexity index is 803. The van der Waals surface area contributed by atoms with Crippen molar-refractivity contribution in [3.63, 3.8) is 0 Å². The number of carbonyl (C=O) groups is 1. The van der Waals surface area contributed by atoms with Crippen molar-refractivity contribution in [1.29, 1.82) is 0 Å².